The highest BCUT2D eigenvalue weighted by Gasteiger charge is 2.28. The maximum Gasteiger partial charge on any atom is 0.336 e. The van der Waals surface area contributed by atoms with Crippen molar-refractivity contribution in [3.63, 3.8) is 0 Å². The Morgan fingerprint density at radius 1 is 1.23 bits per heavy atom. The fourth-order valence-electron chi connectivity index (χ4n) is 1.97. The van der Waals surface area contributed by atoms with E-state index in [1.54, 1.807) is 0 Å². The number of rotatable bonds is 1. The molecule has 1 aliphatic heterocycles. The van der Waals surface area contributed by atoms with Crippen molar-refractivity contribution in [2.24, 2.45) is 5.92 Å². The molecule has 1 heterocycles. The van der Waals surface area contributed by atoms with Gasteiger partial charge in [-0.25, -0.2) is 4.79 Å². The molecule has 1 atom stereocenters. The number of esters is 1. The SMILES string of the molecule is O=C1C=COC(C2CCCCC2)O1. The Hall–Kier alpha value is -0.990. The second-order valence-electron chi connectivity index (χ2n) is 3.64. The van der Waals surface area contributed by atoms with Gasteiger partial charge < -0.3 is 9.47 Å². The molecule has 0 saturated heterocycles. The maximum atomic E-state index is 10.9. The van der Waals surface area contributed by atoms with Crippen LogP contribution in [0.4, 0.5) is 0 Å². The van der Waals surface area contributed by atoms with Crippen LogP contribution in [0.15, 0.2) is 12.3 Å². The van der Waals surface area contributed by atoms with Gasteiger partial charge in [-0.15, -0.1) is 0 Å². The predicted molar refractivity (Wildman–Crippen MR) is 46.7 cm³/mol. The lowest BCUT2D eigenvalue weighted by atomic mass is 9.89. The van der Waals surface area contributed by atoms with E-state index in [-0.39, 0.29) is 12.3 Å². The summed E-state index contributed by atoms with van der Waals surface area (Å²) in [6, 6.07) is 0. The number of ether oxygens (including phenoxy) is 2. The van der Waals surface area contributed by atoms with Crippen LogP contribution in [0.1, 0.15) is 32.1 Å². The third-order valence-corrected chi connectivity index (χ3v) is 2.68. The Balaban J connectivity index is 1.92. The molecular formula is C10H14O3. The van der Waals surface area contributed by atoms with Crippen LogP contribution < -0.4 is 0 Å². The smallest absolute Gasteiger partial charge is 0.336 e. The van der Waals surface area contributed by atoms with Crippen molar-refractivity contribution >= 4 is 5.97 Å². The van der Waals surface area contributed by atoms with E-state index in [0.29, 0.717) is 5.92 Å². The van der Waals surface area contributed by atoms with Gasteiger partial charge in [0.15, 0.2) is 0 Å². The fraction of sp³-hybridized carbons (Fsp3) is 0.700. The van der Waals surface area contributed by atoms with Crippen molar-refractivity contribution in [2.45, 2.75) is 38.4 Å². The van der Waals surface area contributed by atoms with E-state index in [2.05, 4.69) is 0 Å². The molecule has 1 aliphatic carbocycles. The highest BCUT2D eigenvalue weighted by molar-refractivity contribution is 5.82. The molecule has 2 aliphatic rings. The van der Waals surface area contributed by atoms with Crippen LogP contribution in [0.5, 0.6) is 0 Å². The first kappa shape index (κ1) is 8.60. The summed E-state index contributed by atoms with van der Waals surface area (Å²) in [5.41, 5.74) is 0. The second kappa shape index (κ2) is 3.81. The number of hydrogen-bond donors (Lipinski definition) is 0. The standard InChI is InChI=1S/C10H14O3/c11-9-6-7-12-10(13-9)8-4-2-1-3-5-8/h6-8,10H,1-5H2. The zero-order chi connectivity index (χ0) is 9.10. The molecule has 13 heavy (non-hydrogen) atoms. The summed E-state index contributed by atoms with van der Waals surface area (Å²) in [6.45, 7) is 0. The molecule has 0 spiro atoms. The predicted octanol–water partition coefficient (Wildman–Crippen LogP) is 1.98. The lowest BCUT2D eigenvalue weighted by Crippen LogP contribution is -2.31. The van der Waals surface area contributed by atoms with Crippen LogP contribution in [0.2, 0.25) is 0 Å². The number of carbonyl (C=O) groups excluding carboxylic acids is 1. The van der Waals surface area contributed by atoms with E-state index >= 15 is 0 Å². The highest BCUT2D eigenvalue weighted by Crippen LogP contribution is 2.29. The lowest BCUT2D eigenvalue weighted by Gasteiger charge is -2.30. The average Bonchev–Trinajstić information content (AvgIpc) is 2.19. The van der Waals surface area contributed by atoms with Crippen LogP contribution in [0.3, 0.4) is 0 Å². The minimum Gasteiger partial charge on any atom is -0.462 e. The van der Waals surface area contributed by atoms with Crippen molar-refractivity contribution in [3.8, 4) is 0 Å². The van der Waals surface area contributed by atoms with E-state index in [9.17, 15) is 4.79 Å². The van der Waals surface area contributed by atoms with Gasteiger partial charge in [-0.1, -0.05) is 19.3 Å². The molecule has 1 unspecified atom stereocenters. The quantitative estimate of drug-likeness (QED) is 0.582. The van der Waals surface area contributed by atoms with E-state index in [1.165, 1.54) is 31.6 Å². The zero-order valence-electron chi connectivity index (χ0n) is 7.57. The van der Waals surface area contributed by atoms with Crippen LogP contribution in [-0.4, -0.2) is 12.3 Å². The summed E-state index contributed by atoms with van der Waals surface area (Å²) in [5.74, 6) is 0.129. The lowest BCUT2D eigenvalue weighted by molar-refractivity contribution is -0.181. The molecule has 1 saturated carbocycles. The van der Waals surface area contributed by atoms with Gasteiger partial charge in [0.05, 0.1) is 12.3 Å². The number of cyclic esters (lactones) is 1. The van der Waals surface area contributed by atoms with Crippen LogP contribution in [0, 0.1) is 5.92 Å². The molecule has 0 radical (unpaired) electrons. The van der Waals surface area contributed by atoms with Gasteiger partial charge in [0.2, 0.25) is 6.29 Å². The third-order valence-electron chi connectivity index (χ3n) is 2.68. The molecule has 0 aromatic heterocycles. The number of carbonyl (C=O) groups is 1. The molecule has 0 aromatic carbocycles. The summed E-state index contributed by atoms with van der Waals surface area (Å²) in [4.78, 5) is 10.9. The normalized spacial score (nSPS) is 29.5. The van der Waals surface area contributed by atoms with Crippen molar-refractivity contribution in [1.82, 2.24) is 0 Å². The van der Waals surface area contributed by atoms with E-state index < -0.39 is 0 Å². The Morgan fingerprint density at radius 2 is 2.00 bits per heavy atom. The van der Waals surface area contributed by atoms with Crippen LogP contribution in [0.25, 0.3) is 0 Å². The molecule has 0 bridgehead atoms. The minimum absolute atomic E-state index is 0.276. The van der Waals surface area contributed by atoms with Crippen molar-refractivity contribution in [1.29, 1.82) is 0 Å². The van der Waals surface area contributed by atoms with E-state index in [1.807, 2.05) is 0 Å². The van der Waals surface area contributed by atoms with Crippen LogP contribution in [-0.2, 0) is 14.3 Å². The largest absolute Gasteiger partial charge is 0.462 e. The van der Waals surface area contributed by atoms with Gasteiger partial charge in [0.1, 0.15) is 0 Å². The average molecular weight is 182 g/mol. The van der Waals surface area contributed by atoms with Crippen molar-refractivity contribution < 1.29 is 14.3 Å². The summed E-state index contributed by atoms with van der Waals surface area (Å²) in [6.07, 6.45) is 8.44. The van der Waals surface area contributed by atoms with Crippen molar-refractivity contribution in [3.05, 3.63) is 12.3 Å². The van der Waals surface area contributed by atoms with Crippen LogP contribution >= 0.6 is 0 Å². The summed E-state index contributed by atoms with van der Waals surface area (Å²) in [7, 11) is 0. The highest BCUT2D eigenvalue weighted by atomic mass is 16.7. The first-order valence-electron chi connectivity index (χ1n) is 4.89. The number of hydrogen-bond acceptors (Lipinski definition) is 3. The first-order valence-corrected chi connectivity index (χ1v) is 4.89. The monoisotopic (exact) mass is 182 g/mol. The van der Waals surface area contributed by atoms with Gasteiger partial charge in [0.25, 0.3) is 0 Å². The molecule has 0 N–H and O–H groups in total. The van der Waals surface area contributed by atoms with E-state index in [4.69, 9.17) is 9.47 Å². The summed E-state index contributed by atoms with van der Waals surface area (Å²) >= 11 is 0. The molecule has 3 nitrogen and oxygen atoms in total. The molecular weight excluding hydrogens is 168 g/mol. The second-order valence-corrected chi connectivity index (χ2v) is 3.64. The molecule has 2 rings (SSSR count). The molecule has 1 fully saturated rings. The topological polar surface area (TPSA) is 35.5 Å². The molecule has 0 amide bonds. The van der Waals surface area contributed by atoms with Crippen molar-refractivity contribution in [2.75, 3.05) is 0 Å². The Bertz CT molecular complexity index is 216. The minimum atomic E-state index is -0.321. The Morgan fingerprint density at radius 3 is 2.69 bits per heavy atom. The summed E-state index contributed by atoms with van der Waals surface area (Å²) < 4.78 is 10.3. The van der Waals surface area contributed by atoms with Gasteiger partial charge >= 0.3 is 5.97 Å². The molecule has 0 aromatic rings. The molecule has 3 heteroatoms. The van der Waals surface area contributed by atoms with Gasteiger partial charge in [0, 0.05) is 5.92 Å². The zero-order valence-corrected chi connectivity index (χ0v) is 7.57. The summed E-state index contributed by atoms with van der Waals surface area (Å²) in [5, 5.41) is 0. The maximum absolute atomic E-state index is 10.9. The third kappa shape index (κ3) is 2.02. The van der Waals surface area contributed by atoms with Gasteiger partial charge in [-0.3, -0.25) is 0 Å². The van der Waals surface area contributed by atoms with Gasteiger partial charge in [-0.2, -0.15) is 0 Å². The molecule has 72 valence electrons. The Labute approximate surface area is 77.7 Å². The first-order chi connectivity index (χ1) is 6.36. The van der Waals surface area contributed by atoms with E-state index in [0.717, 1.165) is 12.8 Å². The Kier molecular flexibility index (Phi) is 2.52. The van der Waals surface area contributed by atoms with Gasteiger partial charge in [-0.05, 0) is 12.8 Å². The fourth-order valence-corrected chi connectivity index (χ4v) is 1.97.